The second-order valence-electron chi connectivity index (χ2n) is 4.10. The summed E-state index contributed by atoms with van der Waals surface area (Å²) < 4.78 is 32.3. The second kappa shape index (κ2) is 6.21. The minimum atomic E-state index is -3.79. The summed E-state index contributed by atoms with van der Waals surface area (Å²) in [6.45, 7) is 0. The van der Waals surface area contributed by atoms with Gasteiger partial charge in [0.25, 0.3) is 10.0 Å². The highest BCUT2D eigenvalue weighted by Gasteiger charge is 2.18. The lowest BCUT2D eigenvalue weighted by Gasteiger charge is -2.12. The molecule has 0 atom stereocenters. The molecule has 21 heavy (non-hydrogen) atoms. The topological polar surface area (TPSA) is 93.4 Å². The molecule has 4 N–H and O–H groups in total. The lowest BCUT2D eigenvalue weighted by Crippen LogP contribution is -2.17. The molecule has 0 amide bonds. The lowest BCUT2D eigenvalue weighted by atomic mass is 10.3. The Morgan fingerprint density at radius 1 is 1.19 bits per heavy atom. The number of hydrogen-bond donors (Lipinski definition) is 3. The van der Waals surface area contributed by atoms with Crippen LogP contribution >= 0.6 is 11.6 Å². The number of ether oxygens (including phenoxy) is 1. The van der Waals surface area contributed by atoms with Gasteiger partial charge < -0.3 is 10.2 Å². The number of halogens is 1. The van der Waals surface area contributed by atoms with Gasteiger partial charge in [-0.05, 0) is 24.3 Å². The monoisotopic (exact) mass is 327 g/mol. The maximum absolute atomic E-state index is 12.4. The Balaban J connectivity index is 2.37. The number of benzene rings is 2. The van der Waals surface area contributed by atoms with Crippen molar-refractivity contribution in [3.05, 3.63) is 47.5 Å². The first-order valence-corrected chi connectivity index (χ1v) is 7.76. The van der Waals surface area contributed by atoms with Crippen molar-refractivity contribution in [1.82, 2.24) is 0 Å². The van der Waals surface area contributed by atoms with E-state index in [-0.39, 0.29) is 4.90 Å². The van der Waals surface area contributed by atoms with Crippen molar-refractivity contribution < 1.29 is 13.2 Å². The number of para-hydroxylation sites is 1. The molecular formula is C13H14ClN3O3S. The third-order valence-electron chi connectivity index (χ3n) is 2.74. The number of hydrogen-bond acceptors (Lipinski definition) is 5. The van der Waals surface area contributed by atoms with Gasteiger partial charge >= 0.3 is 0 Å². The number of hydrazine groups is 1. The summed E-state index contributed by atoms with van der Waals surface area (Å²) in [5.74, 6) is 5.70. The Hall–Kier alpha value is -1.96. The van der Waals surface area contributed by atoms with Crippen LogP contribution in [0.15, 0.2) is 47.4 Å². The zero-order valence-corrected chi connectivity index (χ0v) is 12.7. The lowest BCUT2D eigenvalue weighted by molar-refractivity contribution is 0.415. The number of methoxy groups -OCH3 is 1. The fourth-order valence-electron chi connectivity index (χ4n) is 1.75. The van der Waals surface area contributed by atoms with Crippen LogP contribution in [-0.4, -0.2) is 15.5 Å². The summed E-state index contributed by atoms with van der Waals surface area (Å²) in [5, 5.41) is 0.393. The van der Waals surface area contributed by atoms with Gasteiger partial charge in [-0.3, -0.25) is 10.6 Å². The normalized spacial score (nSPS) is 11.0. The number of nitrogens with two attached hydrogens (primary N) is 1. The van der Waals surface area contributed by atoms with E-state index in [1.54, 1.807) is 30.3 Å². The van der Waals surface area contributed by atoms with E-state index in [1.165, 1.54) is 19.2 Å². The van der Waals surface area contributed by atoms with Crippen molar-refractivity contribution in [2.24, 2.45) is 5.84 Å². The molecule has 6 nitrogen and oxygen atoms in total. The Labute approximate surface area is 127 Å². The molecule has 0 bridgehead atoms. The summed E-state index contributed by atoms with van der Waals surface area (Å²) in [5.41, 5.74) is 2.99. The predicted molar refractivity (Wildman–Crippen MR) is 83.1 cm³/mol. The van der Waals surface area contributed by atoms with Crippen molar-refractivity contribution in [3.63, 3.8) is 0 Å². The first-order valence-electron chi connectivity index (χ1n) is 5.90. The summed E-state index contributed by atoms with van der Waals surface area (Å²) in [4.78, 5) is 0.0430. The molecule has 0 aromatic heterocycles. The van der Waals surface area contributed by atoms with E-state index in [0.29, 0.717) is 22.1 Å². The first-order chi connectivity index (χ1) is 9.97. The van der Waals surface area contributed by atoms with Crippen LogP contribution in [0.1, 0.15) is 0 Å². The standard InChI is InChI=1S/C13H14ClN3O3S/c1-20-12-8-9(6-7-10(12)14)17-21(18,19)13-5-3-2-4-11(13)16-15/h2-8,16-17H,15H2,1H3. The SMILES string of the molecule is COc1cc(NS(=O)(=O)c2ccccc2NN)ccc1Cl. The Morgan fingerprint density at radius 2 is 1.90 bits per heavy atom. The van der Waals surface area contributed by atoms with E-state index >= 15 is 0 Å². The third-order valence-corrected chi connectivity index (χ3v) is 4.49. The second-order valence-corrected chi connectivity index (χ2v) is 6.15. The van der Waals surface area contributed by atoms with Crippen LogP contribution < -0.4 is 20.7 Å². The molecule has 0 saturated carbocycles. The van der Waals surface area contributed by atoms with Crippen molar-refractivity contribution >= 4 is 33.0 Å². The van der Waals surface area contributed by atoms with Gasteiger partial charge in [0.1, 0.15) is 10.6 Å². The van der Waals surface area contributed by atoms with Gasteiger partial charge in [0.2, 0.25) is 0 Å². The van der Waals surface area contributed by atoms with Gasteiger partial charge in [0.05, 0.1) is 23.5 Å². The van der Waals surface area contributed by atoms with Crippen LogP contribution in [0.5, 0.6) is 5.75 Å². The largest absolute Gasteiger partial charge is 0.495 e. The van der Waals surface area contributed by atoms with Gasteiger partial charge in [-0.15, -0.1) is 0 Å². The average Bonchev–Trinajstić information content (AvgIpc) is 2.49. The number of rotatable bonds is 5. The van der Waals surface area contributed by atoms with E-state index in [1.807, 2.05) is 0 Å². The highest BCUT2D eigenvalue weighted by atomic mass is 35.5. The predicted octanol–water partition coefficient (Wildman–Crippen LogP) is 2.44. The molecule has 112 valence electrons. The highest BCUT2D eigenvalue weighted by Crippen LogP contribution is 2.29. The Kier molecular flexibility index (Phi) is 4.56. The van der Waals surface area contributed by atoms with Crippen molar-refractivity contribution in [1.29, 1.82) is 0 Å². The molecule has 0 spiro atoms. The molecule has 0 saturated heterocycles. The maximum Gasteiger partial charge on any atom is 0.264 e. The van der Waals surface area contributed by atoms with E-state index in [9.17, 15) is 8.42 Å². The first kappa shape index (κ1) is 15.4. The van der Waals surface area contributed by atoms with Crippen LogP contribution in [0.4, 0.5) is 11.4 Å². The summed E-state index contributed by atoms with van der Waals surface area (Å²) in [7, 11) is -2.33. The molecule has 0 radical (unpaired) electrons. The van der Waals surface area contributed by atoms with Gasteiger partial charge in [-0.2, -0.15) is 0 Å². The molecule has 8 heteroatoms. The number of sulfonamides is 1. The third kappa shape index (κ3) is 3.38. The van der Waals surface area contributed by atoms with Crippen LogP contribution in [0, 0.1) is 0 Å². The number of anilines is 2. The van der Waals surface area contributed by atoms with Crippen LogP contribution in [0.2, 0.25) is 5.02 Å². The summed E-state index contributed by atoms with van der Waals surface area (Å²) in [6.07, 6.45) is 0. The van der Waals surface area contributed by atoms with E-state index in [4.69, 9.17) is 22.2 Å². The molecule has 0 heterocycles. The summed E-state index contributed by atoms with van der Waals surface area (Å²) in [6, 6.07) is 10.9. The van der Waals surface area contributed by atoms with E-state index in [2.05, 4.69) is 10.1 Å². The Bertz CT molecular complexity index is 750. The highest BCUT2D eigenvalue weighted by molar-refractivity contribution is 7.92. The van der Waals surface area contributed by atoms with E-state index in [0.717, 1.165) is 0 Å². The molecule has 0 aliphatic carbocycles. The van der Waals surface area contributed by atoms with Gasteiger partial charge in [0.15, 0.2) is 0 Å². The Morgan fingerprint density at radius 3 is 2.57 bits per heavy atom. The molecule has 2 aromatic rings. The maximum atomic E-state index is 12.4. The van der Waals surface area contributed by atoms with Gasteiger partial charge in [-0.1, -0.05) is 23.7 Å². The average molecular weight is 328 g/mol. The van der Waals surface area contributed by atoms with Crippen molar-refractivity contribution in [2.75, 3.05) is 17.3 Å². The molecule has 2 rings (SSSR count). The summed E-state index contributed by atoms with van der Waals surface area (Å²) >= 11 is 5.90. The van der Waals surface area contributed by atoms with Gasteiger partial charge in [0, 0.05) is 6.07 Å². The minimum Gasteiger partial charge on any atom is -0.495 e. The zero-order valence-electron chi connectivity index (χ0n) is 11.1. The molecule has 0 aliphatic rings. The molecule has 0 fully saturated rings. The van der Waals surface area contributed by atoms with Crippen LogP contribution in [0.3, 0.4) is 0 Å². The molecule has 0 aliphatic heterocycles. The van der Waals surface area contributed by atoms with E-state index < -0.39 is 10.0 Å². The number of nitrogen functional groups attached to an aromatic ring is 1. The molecule has 0 unspecified atom stereocenters. The quantitative estimate of drug-likeness (QED) is 0.579. The fourth-order valence-corrected chi connectivity index (χ4v) is 3.17. The van der Waals surface area contributed by atoms with Crippen molar-refractivity contribution in [3.8, 4) is 5.75 Å². The van der Waals surface area contributed by atoms with Crippen LogP contribution in [-0.2, 0) is 10.0 Å². The van der Waals surface area contributed by atoms with Crippen LogP contribution in [0.25, 0.3) is 0 Å². The van der Waals surface area contributed by atoms with Crippen molar-refractivity contribution in [2.45, 2.75) is 4.90 Å². The minimum absolute atomic E-state index is 0.0430. The smallest absolute Gasteiger partial charge is 0.264 e. The molecular weight excluding hydrogens is 314 g/mol. The zero-order chi connectivity index (χ0) is 15.5. The number of nitrogens with one attached hydrogen (secondary N) is 2. The van der Waals surface area contributed by atoms with Gasteiger partial charge in [-0.25, -0.2) is 8.42 Å². The molecule has 2 aromatic carbocycles. The fraction of sp³-hybridized carbons (Fsp3) is 0.0769.